The lowest BCUT2D eigenvalue weighted by molar-refractivity contribution is -0.121. The fourth-order valence-electron chi connectivity index (χ4n) is 3.05. The third kappa shape index (κ3) is 4.64. The van der Waals surface area contributed by atoms with E-state index < -0.39 is 0 Å². The highest BCUT2D eigenvalue weighted by atomic mass is 16.3. The van der Waals surface area contributed by atoms with Crippen molar-refractivity contribution in [3.63, 3.8) is 0 Å². The lowest BCUT2D eigenvalue weighted by atomic mass is 9.97. The maximum atomic E-state index is 11.8. The van der Waals surface area contributed by atoms with Gasteiger partial charge in [-0.15, -0.1) is 0 Å². The van der Waals surface area contributed by atoms with Crippen LogP contribution in [0.1, 0.15) is 37.7 Å². The number of aryl methyl sites for hydroxylation is 1. The molecule has 2 N–H and O–H groups in total. The normalized spacial score (nSPS) is 21.9. The SMILES string of the molecule is O=C(CCCc1ccccc1)NCC1CCCC1CO. The maximum Gasteiger partial charge on any atom is 0.220 e. The molecule has 2 unspecified atom stereocenters. The molecule has 2 atom stereocenters. The van der Waals surface area contributed by atoms with Crippen LogP contribution in [0.3, 0.4) is 0 Å². The van der Waals surface area contributed by atoms with Gasteiger partial charge in [-0.05, 0) is 43.1 Å². The first-order valence-corrected chi connectivity index (χ1v) is 7.71. The van der Waals surface area contributed by atoms with E-state index in [1.54, 1.807) is 0 Å². The zero-order chi connectivity index (χ0) is 14.2. The molecular formula is C17H25NO2. The third-order valence-corrected chi connectivity index (χ3v) is 4.32. The molecule has 0 saturated heterocycles. The van der Waals surface area contributed by atoms with E-state index in [2.05, 4.69) is 17.4 Å². The first-order chi connectivity index (χ1) is 9.79. The van der Waals surface area contributed by atoms with Crippen molar-refractivity contribution in [1.82, 2.24) is 5.32 Å². The van der Waals surface area contributed by atoms with Crippen LogP contribution in [0.25, 0.3) is 0 Å². The van der Waals surface area contributed by atoms with E-state index in [1.165, 1.54) is 12.0 Å². The van der Waals surface area contributed by atoms with Gasteiger partial charge in [-0.2, -0.15) is 0 Å². The molecule has 1 aliphatic carbocycles. The summed E-state index contributed by atoms with van der Waals surface area (Å²) >= 11 is 0. The Morgan fingerprint density at radius 2 is 1.95 bits per heavy atom. The maximum absolute atomic E-state index is 11.8. The number of amides is 1. The van der Waals surface area contributed by atoms with E-state index in [1.807, 2.05) is 18.2 Å². The van der Waals surface area contributed by atoms with E-state index in [-0.39, 0.29) is 12.5 Å². The minimum absolute atomic E-state index is 0.143. The van der Waals surface area contributed by atoms with E-state index >= 15 is 0 Å². The number of aliphatic hydroxyl groups excluding tert-OH is 1. The van der Waals surface area contributed by atoms with Crippen LogP contribution in [0.2, 0.25) is 0 Å². The van der Waals surface area contributed by atoms with Gasteiger partial charge < -0.3 is 10.4 Å². The fraction of sp³-hybridized carbons (Fsp3) is 0.588. The molecule has 3 heteroatoms. The second-order valence-electron chi connectivity index (χ2n) is 5.78. The Kier molecular flexibility index (Phi) is 6.06. The highest BCUT2D eigenvalue weighted by Crippen LogP contribution is 2.30. The summed E-state index contributed by atoms with van der Waals surface area (Å²) in [5.74, 6) is 1.00. The summed E-state index contributed by atoms with van der Waals surface area (Å²) < 4.78 is 0. The molecule has 2 rings (SSSR count). The van der Waals surface area contributed by atoms with Crippen LogP contribution in [0.5, 0.6) is 0 Å². The van der Waals surface area contributed by atoms with Crippen LogP contribution in [-0.4, -0.2) is 24.2 Å². The molecule has 0 bridgehead atoms. The quantitative estimate of drug-likeness (QED) is 0.803. The highest BCUT2D eigenvalue weighted by Gasteiger charge is 2.26. The second-order valence-corrected chi connectivity index (χ2v) is 5.78. The van der Waals surface area contributed by atoms with E-state index in [0.29, 0.717) is 18.3 Å². The van der Waals surface area contributed by atoms with Crippen LogP contribution in [-0.2, 0) is 11.2 Å². The highest BCUT2D eigenvalue weighted by molar-refractivity contribution is 5.75. The number of nitrogens with one attached hydrogen (secondary N) is 1. The molecule has 1 saturated carbocycles. The Bertz CT molecular complexity index is 405. The van der Waals surface area contributed by atoms with E-state index in [9.17, 15) is 9.90 Å². The van der Waals surface area contributed by atoms with Gasteiger partial charge >= 0.3 is 0 Å². The van der Waals surface area contributed by atoms with Crippen molar-refractivity contribution in [3.05, 3.63) is 35.9 Å². The zero-order valence-electron chi connectivity index (χ0n) is 12.1. The number of hydrogen-bond donors (Lipinski definition) is 2. The number of hydrogen-bond acceptors (Lipinski definition) is 2. The van der Waals surface area contributed by atoms with Gasteiger partial charge in [0.05, 0.1) is 0 Å². The summed E-state index contributed by atoms with van der Waals surface area (Å²) in [5, 5.41) is 12.3. The minimum atomic E-state index is 0.143. The molecule has 1 aromatic rings. The van der Waals surface area contributed by atoms with Gasteiger partial charge in [0.25, 0.3) is 0 Å². The number of carbonyl (C=O) groups is 1. The lowest BCUT2D eigenvalue weighted by Gasteiger charge is -2.17. The predicted octanol–water partition coefficient (Wildman–Crippen LogP) is 2.53. The zero-order valence-corrected chi connectivity index (χ0v) is 12.1. The number of aliphatic hydroxyl groups is 1. The Morgan fingerprint density at radius 1 is 1.20 bits per heavy atom. The van der Waals surface area contributed by atoms with Gasteiger partial charge in [-0.3, -0.25) is 4.79 Å². The molecule has 0 spiro atoms. The van der Waals surface area contributed by atoms with Crippen molar-refractivity contribution in [3.8, 4) is 0 Å². The van der Waals surface area contributed by atoms with Crippen LogP contribution in [0.15, 0.2) is 30.3 Å². The van der Waals surface area contributed by atoms with Crippen molar-refractivity contribution >= 4 is 5.91 Å². The average Bonchev–Trinajstić information content (AvgIpc) is 2.94. The molecule has 0 aromatic heterocycles. The van der Waals surface area contributed by atoms with Crippen molar-refractivity contribution in [2.45, 2.75) is 38.5 Å². The molecule has 0 radical (unpaired) electrons. The first kappa shape index (κ1) is 15.0. The summed E-state index contributed by atoms with van der Waals surface area (Å²) in [6.45, 7) is 0.990. The van der Waals surface area contributed by atoms with Gasteiger partial charge in [0.15, 0.2) is 0 Å². The Balaban J connectivity index is 1.61. The molecular weight excluding hydrogens is 250 g/mol. The van der Waals surface area contributed by atoms with Gasteiger partial charge in [-0.25, -0.2) is 0 Å². The molecule has 0 heterocycles. The molecule has 0 aliphatic heterocycles. The van der Waals surface area contributed by atoms with Crippen molar-refractivity contribution < 1.29 is 9.90 Å². The Hall–Kier alpha value is -1.35. The van der Waals surface area contributed by atoms with Crippen LogP contribution in [0.4, 0.5) is 0 Å². The van der Waals surface area contributed by atoms with E-state index in [4.69, 9.17) is 0 Å². The summed E-state index contributed by atoms with van der Waals surface area (Å²) in [6, 6.07) is 10.3. The molecule has 1 fully saturated rings. The van der Waals surface area contributed by atoms with Crippen molar-refractivity contribution in [2.75, 3.05) is 13.2 Å². The predicted molar refractivity (Wildman–Crippen MR) is 80.3 cm³/mol. The van der Waals surface area contributed by atoms with E-state index in [0.717, 1.165) is 32.2 Å². The number of carbonyl (C=O) groups excluding carboxylic acids is 1. The second kappa shape index (κ2) is 8.05. The Morgan fingerprint density at radius 3 is 2.70 bits per heavy atom. The van der Waals surface area contributed by atoms with Gasteiger partial charge in [-0.1, -0.05) is 36.8 Å². The number of rotatable bonds is 7. The summed E-state index contributed by atoms with van der Waals surface area (Å²) in [7, 11) is 0. The smallest absolute Gasteiger partial charge is 0.220 e. The first-order valence-electron chi connectivity index (χ1n) is 7.71. The molecule has 3 nitrogen and oxygen atoms in total. The van der Waals surface area contributed by atoms with Gasteiger partial charge in [0.2, 0.25) is 5.91 Å². The molecule has 110 valence electrons. The fourth-order valence-corrected chi connectivity index (χ4v) is 3.05. The minimum Gasteiger partial charge on any atom is -0.396 e. The summed E-state index contributed by atoms with van der Waals surface area (Å²) in [4.78, 5) is 11.8. The molecule has 1 amide bonds. The lowest BCUT2D eigenvalue weighted by Crippen LogP contribution is -2.31. The molecule has 1 aromatic carbocycles. The largest absolute Gasteiger partial charge is 0.396 e. The van der Waals surface area contributed by atoms with Gasteiger partial charge in [0, 0.05) is 19.6 Å². The third-order valence-electron chi connectivity index (χ3n) is 4.32. The summed E-state index contributed by atoms with van der Waals surface area (Å²) in [6.07, 6.45) is 5.85. The van der Waals surface area contributed by atoms with Crippen LogP contribution < -0.4 is 5.32 Å². The van der Waals surface area contributed by atoms with Gasteiger partial charge in [0.1, 0.15) is 0 Å². The average molecular weight is 275 g/mol. The van der Waals surface area contributed by atoms with Crippen LogP contribution in [0, 0.1) is 11.8 Å². The molecule has 20 heavy (non-hydrogen) atoms. The molecule has 1 aliphatic rings. The monoisotopic (exact) mass is 275 g/mol. The Labute approximate surface area is 121 Å². The standard InChI is InChI=1S/C17H25NO2/c19-13-16-10-5-9-15(16)12-18-17(20)11-4-8-14-6-2-1-3-7-14/h1-3,6-7,15-16,19H,4-5,8-13H2,(H,18,20). The summed E-state index contributed by atoms with van der Waals surface area (Å²) in [5.41, 5.74) is 1.29. The topological polar surface area (TPSA) is 49.3 Å². The van der Waals surface area contributed by atoms with Crippen molar-refractivity contribution in [1.29, 1.82) is 0 Å². The van der Waals surface area contributed by atoms with Crippen LogP contribution >= 0.6 is 0 Å². The van der Waals surface area contributed by atoms with Crippen molar-refractivity contribution in [2.24, 2.45) is 11.8 Å². The number of benzene rings is 1.